The highest BCUT2D eigenvalue weighted by Gasteiger charge is 2.35. The molecule has 0 saturated heterocycles. The number of nitrogens with two attached hydrogens (primary N) is 1. The lowest BCUT2D eigenvalue weighted by Crippen LogP contribution is -2.21. The van der Waals surface area contributed by atoms with E-state index in [-0.39, 0.29) is 0 Å². The number of ether oxygens (including phenoxy) is 1. The highest BCUT2D eigenvalue weighted by Crippen LogP contribution is 2.36. The molecule has 1 aromatic heterocycles. The van der Waals surface area contributed by atoms with Gasteiger partial charge in [-0.15, -0.1) is 13.2 Å². The van der Waals surface area contributed by atoms with E-state index < -0.39 is 50.0 Å². The summed E-state index contributed by atoms with van der Waals surface area (Å²) in [6.07, 6.45) is -8.17. The molecular formula is C8H6BrF5N2O3S. The van der Waals surface area contributed by atoms with Crippen LogP contribution in [-0.2, 0) is 15.4 Å². The first-order chi connectivity index (χ1) is 8.97. The van der Waals surface area contributed by atoms with E-state index in [9.17, 15) is 30.4 Å². The highest BCUT2D eigenvalue weighted by atomic mass is 79.9. The summed E-state index contributed by atoms with van der Waals surface area (Å²) in [7, 11) is -4.62. The molecule has 0 aliphatic heterocycles. The average molecular weight is 385 g/mol. The van der Waals surface area contributed by atoms with Crippen LogP contribution in [-0.4, -0.2) is 19.8 Å². The van der Waals surface area contributed by atoms with Crippen LogP contribution in [0.2, 0.25) is 0 Å². The SMILES string of the molecule is NS(=O)(=O)c1ncc(OC(F)(F)F)c(CBr)c1C(F)F. The molecule has 0 bridgehead atoms. The van der Waals surface area contributed by atoms with Crippen LogP contribution in [0, 0.1) is 0 Å². The number of rotatable bonds is 4. The van der Waals surface area contributed by atoms with Crippen molar-refractivity contribution in [3.05, 3.63) is 17.3 Å². The lowest BCUT2D eigenvalue weighted by Gasteiger charge is -2.16. The predicted molar refractivity (Wildman–Crippen MR) is 59.9 cm³/mol. The van der Waals surface area contributed by atoms with E-state index in [1.54, 1.807) is 0 Å². The second kappa shape index (κ2) is 5.77. The molecule has 1 rings (SSSR count). The van der Waals surface area contributed by atoms with Gasteiger partial charge in [-0.2, -0.15) is 0 Å². The summed E-state index contributed by atoms with van der Waals surface area (Å²) in [4.78, 5) is 3.03. The van der Waals surface area contributed by atoms with Gasteiger partial charge < -0.3 is 4.74 Å². The number of hydrogen-bond acceptors (Lipinski definition) is 4. The zero-order chi connectivity index (χ0) is 15.7. The van der Waals surface area contributed by atoms with Crippen molar-refractivity contribution in [1.29, 1.82) is 0 Å². The molecule has 0 spiro atoms. The van der Waals surface area contributed by atoms with Crippen molar-refractivity contribution < 1.29 is 35.1 Å². The van der Waals surface area contributed by atoms with Crippen molar-refractivity contribution in [2.24, 2.45) is 5.14 Å². The molecule has 0 aliphatic rings. The summed E-state index contributed by atoms with van der Waals surface area (Å²) in [5.74, 6) is -1.03. The van der Waals surface area contributed by atoms with E-state index in [1.165, 1.54) is 0 Å². The molecule has 0 unspecified atom stereocenters. The Balaban J connectivity index is 3.59. The summed E-state index contributed by atoms with van der Waals surface area (Å²) in [6, 6.07) is 0. The van der Waals surface area contributed by atoms with Crippen molar-refractivity contribution in [2.45, 2.75) is 23.1 Å². The molecule has 0 aromatic carbocycles. The van der Waals surface area contributed by atoms with Crippen LogP contribution in [0.4, 0.5) is 22.0 Å². The molecule has 0 fully saturated rings. The van der Waals surface area contributed by atoms with Gasteiger partial charge in [0, 0.05) is 10.9 Å². The Labute approximate surface area is 118 Å². The van der Waals surface area contributed by atoms with Gasteiger partial charge >= 0.3 is 6.36 Å². The number of halogens is 6. The maximum absolute atomic E-state index is 12.9. The van der Waals surface area contributed by atoms with E-state index in [0.29, 0.717) is 6.20 Å². The van der Waals surface area contributed by atoms with Crippen molar-refractivity contribution in [2.75, 3.05) is 0 Å². The van der Waals surface area contributed by atoms with Gasteiger partial charge in [0.2, 0.25) is 0 Å². The average Bonchev–Trinajstić information content (AvgIpc) is 2.24. The molecule has 0 saturated carbocycles. The molecule has 1 heterocycles. The second-order valence-corrected chi connectivity index (χ2v) is 5.38. The first-order valence-electron chi connectivity index (χ1n) is 4.61. The fourth-order valence-electron chi connectivity index (χ4n) is 1.33. The first-order valence-corrected chi connectivity index (χ1v) is 7.28. The van der Waals surface area contributed by atoms with Crippen molar-refractivity contribution in [3.63, 3.8) is 0 Å². The van der Waals surface area contributed by atoms with Crippen LogP contribution in [0.3, 0.4) is 0 Å². The molecule has 0 radical (unpaired) electrons. The molecule has 0 amide bonds. The van der Waals surface area contributed by atoms with E-state index in [0.717, 1.165) is 0 Å². The second-order valence-electron chi connectivity index (χ2n) is 3.35. The van der Waals surface area contributed by atoms with E-state index in [4.69, 9.17) is 5.14 Å². The van der Waals surface area contributed by atoms with Crippen molar-refractivity contribution >= 4 is 26.0 Å². The number of nitrogens with zero attached hydrogens (tertiary/aromatic N) is 1. The third-order valence-electron chi connectivity index (χ3n) is 2.00. The van der Waals surface area contributed by atoms with Crippen LogP contribution in [0.1, 0.15) is 17.6 Å². The monoisotopic (exact) mass is 384 g/mol. The maximum atomic E-state index is 12.9. The summed E-state index contributed by atoms with van der Waals surface area (Å²) in [5, 5.41) is 2.99. The van der Waals surface area contributed by atoms with Gasteiger partial charge in [-0.25, -0.2) is 27.3 Å². The number of alkyl halides is 6. The number of primary sulfonamides is 1. The van der Waals surface area contributed by atoms with E-state index in [2.05, 4.69) is 25.7 Å². The smallest absolute Gasteiger partial charge is 0.404 e. The molecule has 12 heteroatoms. The summed E-state index contributed by atoms with van der Waals surface area (Å²) in [6.45, 7) is 0. The molecule has 1 aromatic rings. The van der Waals surface area contributed by atoms with Crippen LogP contribution < -0.4 is 9.88 Å². The Morgan fingerprint density at radius 1 is 1.40 bits per heavy atom. The third-order valence-corrected chi connectivity index (χ3v) is 3.42. The largest absolute Gasteiger partial charge is 0.573 e. The molecule has 20 heavy (non-hydrogen) atoms. The van der Waals surface area contributed by atoms with Crippen LogP contribution >= 0.6 is 15.9 Å². The fraction of sp³-hybridized carbons (Fsp3) is 0.375. The Hall–Kier alpha value is -1.01. The first kappa shape index (κ1) is 17.0. The Bertz CT molecular complexity index is 605. The minimum absolute atomic E-state index is 0.371. The minimum atomic E-state index is -5.14. The number of pyridine rings is 1. The quantitative estimate of drug-likeness (QED) is 0.638. The number of sulfonamides is 1. The molecule has 5 nitrogen and oxygen atoms in total. The Kier molecular flexibility index (Phi) is 4.92. The Morgan fingerprint density at radius 2 is 1.95 bits per heavy atom. The van der Waals surface area contributed by atoms with Gasteiger partial charge in [0.25, 0.3) is 16.4 Å². The van der Waals surface area contributed by atoms with Gasteiger partial charge in [-0.3, -0.25) is 0 Å². The fourth-order valence-corrected chi connectivity index (χ4v) is 2.63. The molecule has 0 atom stereocenters. The van der Waals surface area contributed by atoms with Gasteiger partial charge in [0.05, 0.1) is 11.8 Å². The lowest BCUT2D eigenvalue weighted by atomic mass is 10.1. The topological polar surface area (TPSA) is 82.3 Å². The third kappa shape index (κ3) is 3.99. The maximum Gasteiger partial charge on any atom is 0.573 e. The van der Waals surface area contributed by atoms with Crippen LogP contribution in [0.15, 0.2) is 11.2 Å². The number of aromatic nitrogens is 1. The van der Waals surface area contributed by atoms with Gasteiger partial charge in [0.15, 0.2) is 10.8 Å². The van der Waals surface area contributed by atoms with Crippen molar-refractivity contribution in [3.8, 4) is 5.75 Å². The highest BCUT2D eigenvalue weighted by molar-refractivity contribution is 9.08. The van der Waals surface area contributed by atoms with Gasteiger partial charge in [-0.05, 0) is 0 Å². The van der Waals surface area contributed by atoms with Gasteiger partial charge in [-0.1, -0.05) is 15.9 Å². The van der Waals surface area contributed by atoms with E-state index >= 15 is 0 Å². The lowest BCUT2D eigenvalue weighted by molar-refractivity contribution is -0.275. The summed E-state index contributed by atoms with van der Waals surface area (Å²) < 4.78 is 88.0. The summed E-state index contributed by atoms with van der Waals surface area (Å²) >= 11 is 2.69. The zero-order valence-corrected chi connectivity index (χ0v) is 11.7. The summed E-state index contributed by atoms with van der Waals surface area (Å²) in [5.41, 5.74) is -1.93. The molecule has 2 N–H and O–H groups in total. The van der Waals surface area contributed by atoms with Crippen molar-refractivity contribution in [1.82, 2.24) is 4.98 Å². The van der Waals surface area contributed by atoms with E-state index in [1.807, 2.05) is 0 Å². The standard InChI is InChI=1S/C8H6BrF5N2O3S/c9-1-3-4(19-8(12,13)14)2-16-7(20(15,17)18)5(3)6(10)11/h2,6H,1H2,(H2,15,17,18). The zero-order valence-electron chi connectivity index (χ0n) is 9.29. The van der Waals surface area contributed by atoms with Crippen LogP contribution in [0.25, 0.3) is 0 Å². The normalized spacial score (nSPS) is 12.8. The minimum Gasteiger partial charge on any atom is -0.404 e. The van der Waals surface area contributed by atoms with Gasteiger partial charge in [0.1, 0.15) is 0 Å². The molecule has 0 aliphatic carbocycles. The van der Waals surface area contributed by atoms with Crippen LogP contribution in [0.5, 0.6) is 5.75 Å². The molecule has 114 valence electrons. The molecular weight excluding hydrogens is 379 g/mol. The Morgan fingerprint density at radius 3 is 2.30 bits per heavy atom. The number of hydrogen-bond donors (Lipinski definition) is 1. The predicted octanol–water partition coefficient (Wildman–Crippen LogP) is 2.46.